The zero-order valence-electron chi connectivity index (χ0n) is 10.5. The number of aromatic nitrogens is 1. The molecule has 2 aromatic rings. The van der Waals surface area contributed by atoms with Crippen LogP contribution >= 0.6 is 22.7 Å². The Labute approximate surface area is 119 Å². The fourth-order valence-electron chi connectivity index (χ4n) is 1.99. The number of hydrogen-bond donors (Lipinski definition) is 1. The molecule has 1 amide bonds. The van der Waals surface area contributed by atoms with Gasteiger partial charge < -0.3 is 4.74 Å². The highest BCUT2D eigenvalue weighted by atomic mass is 32.1. The summed E-state index contributed by atoms with van der Waals surface area (Å²) < 4.78 is 5.35. The Balaban J connectivity index is 1.69. The number of anilines is 1. The second-order valence-corrected chi connectivity index (χ2v) is 6.59. The average Bonchev–Trinajstić information content (AvgIpc) is 3.07. The van der Waals surface area contributed by atoms with Crippen molar-refractivity contribution < 1.29 is 9.53 Å². The van der Waals surface area contributed by atoms with Crippen LogP contribution in [0.25, 0.3) is 10.6 Å². The van der Waals surface area contributed by atoms with Gasteiger partial charge in [-0.05, 0) is 31.9 Å². The molecule has 3 rings (SSSR count). The van der Waals surface area contributed by atoms with E-state index in [0.29, 0.717) is 11.7 Å². The Kier molecular flexibility index (Phi) is 3.63. The van der Waals surface area contributed by atoms with Crippen LogP contribution in [-0.4, -0.2) is 23.6 Å². The van der Waals surface area contributed by atoms with Crippen LogP contribution in [-0.2, 0) is 9.53 Å². The lowest BCUT2D eigenvalue weighted by Crippen LogP contribution is -2.26. The molecule has 6 heteroatoms. The molecule has 1 saturated heterocycles. The van der Waals surface area contributed by atoms with E-state index in [0.717, 1.165) is 23.4 Å². The predicted molar refractivity (Wildman–Crippen MR) is 77.8 cm³/mol. The minimum Gasteiger partial charge on any atom is -0.368 e. The van der Waals surface area contributed by atoms with Gasteiger partial charge in [0.2, 0.25) is 0 Å². The molecule has 0 bridgehead atoms. The number of thiazole rings is 1. The molecule has 19 heavy (non-hydrogen) atoms. The molecule has 1 N–H and O–H groups in total. The summed E-state index contributed by atoms with van der Waals surface area (Å²) in [4.78, 5) is 18.7. The SMILES string of the molecule is Cc1ccc(-c2csc(NC(=O)[C@@H]3CCCO3)n2)s1. The molecule has 1 fully saturated rings. The zero-order chi connectivity index (χ0) is 13.2. The number of aryl methyl sites for hydroxylation is 1. The van der Waals surface area contributed by atoms with Crippen molar-refractivity contribution in [1.29, 1.82) is 0 Å². The summed E-state index contributed by atoms with van der Waals surface area (Å²) in [5.74, 6) is -0.0826. The molecule has 0 spiro atoms. The molecule has 100 valence electrons. The molecular formula is C13H14N2O2S2. The first kappa shape index (κ1) is 12.8. The van der Waals surface area contributed by atoms with E-state index >= 15 is 0 Å². The maximum Gasteiger partial charge on any atom is 0.255 e. The Morgan fingerprint density at radius 2 is 2.42 bits per heavy atom. The lowest BCUT2D eigenvalue weighted by molar-refractivity contribution is -0.124. The molecule has 2 aromatic heterocycles. The molecule has 0 aliphatic carbocycles. The highest BCUT2D eigenvalue weighted by molar-refractivity contribution is 7.17. The van der Waals surface area contributed by atoms with Gasteiger partial charge in [0.25, 0.3) is 5.91 Å². The summed E-state index contributed by atoms with van der Waals surface area (Å²) in [6.45, 7) is 2.75. The van der Waals surface area contributed by atoms with Crippen LogP contribution in [0.1, 0.15) is 17.7 Å². The van der Waals surface area contributed by atoms with Gasteiger partial charge in [-0.2, -0.15) is 0 Å². The molecule has 4 nitrogen and oxygen atoms in total. The van der Waals surface area contributed by atoms with E-state index < -0.39 is 0 Å². The van der Waals surface area contributed by atoms with Crippen molar-refractivity contribution in [1.82, 2.24) is 4.98 Å². The first-order valence-corrected chi connectivity index (χ1v) is 7.87. The van der Waals surface area contributed by atoms with E-state index in [2.05, 4.69) is 29.4 Å². The van der Waals surface area contributed by atoms with Crippen molar-refractivity contribution in [2.45, 2.75) is 25.9 Å². The van der Waals surface area contributed by atoms with E-state index in [-0.39, 0.29) is 12.0 Å². The maximum atomic E-state index is 11.9. The van der Waals surface area contributed by atoms with Crippen molar-refractivity contribution in [2.75, 3.05) is 11.9 Å². The fraction of sp³-hybridized carbons (Fsp3) is 0.385. The standard InChI is InChI=1S/C13H14N2O2S2/c1-8-4-5-11(19-8)9-7-18-13(14-9)15-12(16)10-3-2-6-17-10/h4-5,7,10H,2-3,6H2,1H3,(H,14,15,16)/t10-/m0/s1. The van der Waals surface area contributed by atoms with Crippen LogP contribution in [0, 0.1) is 6.92 Å². The van der Waals surface area contributed by atoms with Crippen LogP contribution in [0.15, 0.2) is 17.5 Å². The molecule has 1 aliphatic rings. The number of hydrogen-bond acceptors (Lipinski definition) is 5. The minimum atomic E-state index is -0.309. The smallest absolute Gasteiger partial charge is 0.255 e. The summed E-state index contributed by atoms with van der Waals surface area (Å²) in [5, 5.41) is 5.44. The van der Waals surface area contributed by atoms with Crippen LogP contribution in [0.3, 0.4) is 0 Å². The average molecular weight is 294 g/mol. The van der Waals surface area contributed by atoms with Crippen molar-refractivity contribution in [2.24, 2.45) is 0 Å². The van der Waals surface area contributed by atoms with E-state index in [1.54, 1.807) is 11.3 Å². The molecule has 3 heterocycles. The van der Waals surface area contributed by atoms with Crippen molar-refractivity contribution in [3.8, 4) is 10.6 Å². The van der Waals surface area contributed by atoms with Gasteiger partial charge in [-0.3, -0.25) is 10.1 Å². The first-order valence-electron chi connectivity index (χ1n) is 6.17. The second-order valence-electron chi connectivity index (χ2n) is 4.44. The largest absolute Gasteiger partial charge is 0.368 e. The zero-order valence-corrected chi connectivity index (χ0v) is 12.1. The molecule has 0 aromatic carbocycles. The van der Waals surface area contributed by atoms with Crippen molar-refractivity contribution >= 4 is 33.7 Å². The van der Waals surface area contributed by atoms with Crippen LogP contribution in [0.2, 0.25) is 0 Å². The number of nitrogens with one attached hydrogen (secondary N) is 1. The first-order chi connectivity index (χ1) is 9.22. The highest BCUT2D eigenvalue weighted by Gasteiger charge is 2.24. The van der Waals surface area contributed by atoms with Crippen LogP contribution in [0.5, 0.6) is 0 Å². The molecule has 0 unspecified atom stereocenters. The third-order valence-corrected chi connectivity index (χ3v) is 4.73. The quantitative estimate of drug-likeness (QED) is 0.945. The van der Waals surface area contributed by atoms with E-state index in [1.165, 1.54) is 16.2 Å². The van der Waals surface area contributed by atoms with E-state index in [4.69, 9.17) is 4.74 Å². The van der Waals surface area contributed by atoms with Gasteiger partial charge >= 0.3 is 0 Å². The summed E-state index contributed by atoms with van der Waals surface area (Å²) in [6, 6.07) is 4.13. The topological polar surface area (TPSA) is 51.2 Å². The third-order valence-electron chi connectivity index (χ3n) is 2.95. The van der Waals surface area contributed by atoms with Gasteiger partial charge in [0.15, 0.2) is 5.13 Å². The normalized spacial score (nSPS) is 18.7. The lowest BCUT2D eigenvalue weighted by Gasteiger charge is -2.07. The molecule has 1 aliphatic heterocycles. The van der Waals surface area contributed by atoms with Crippen LogP contribution in [0.4, 0.5) is 5.13 Å². The Morgan fingerprint density at radius 3 is 3.11 bits per heavy atom. The molecule has 1 atom stereocenters. The van der Waals surface area contributed by atoms with Crippen molar-refractivity contribution in [3.05, 3.63) is 22.4 Å². The number of carbonyl (C=O) groups excluding carboxylic acids is 1. The summed E-state index contributed by atoms with van der Waals surface area (Å²) in [7, 11) is 0. The second kappa shape index (κ2) is 5.40. The van der Waals surface area contributed by atoms with Gasteiger partial charge in [-0.25, -0.2) is 4.98 Å². The van der Waals surface area contributed by atoms with Gasteiger partial charge in [-0.1, -0.05) is 0 Å². The monoisotopic (exact) mass is 294 g/mol. The van der Waals surface area contributed by atoms with Crippen LogP contribution < -0.4 is 5.32 Å². The fourth-order valence-corrected chi connectivity index (χ4v) is 3.60. The van der Waals surface area contributed by atoms with Gasteiger partial charge in [0.05, 0.1) is 10.6 Å². The van der Waals surface area contributed by atoms with Gasteiger partial charge in [0, 0.05) is 16.9 Å². The third kappa shape index (κ3) is 2.86. The highest BCUT2D eigenvalue weighted by Crippen LogP contribution is 2.30. The van der Waals surface area contributed by atoms with E-state index in [1.807, 2.05) is 5.38 Å². The van der Waals surface area contributed by atoms with Gasteiger partial charge in [-0.15, -0.1) is 22.7 Å². The number of nitrogens with zero attached hydrogens (tertiary/aromatic N) is 1. The predicted octanol–water partition coefficient (Wildman–Crippen LogP) is 3.30. The molecule has 0 radical (unpaired) electrons. The number of ether oxygens (including phenoxy) is 1. The number of amides is 1. The number of carbonyl (C=O) groups is 1. The Morgan fingerprint density at radius 1 is 1.53 bits per heavy atom. The Bertz CT molecular complexity index is 585. The minimum absolute atomic E-state index is 0.0826. The summed E-state index contributed by atoms with van der Waals surface area (Å²) >= 11 is 3.15. The van der Waals surface area contributed by atoms with Gasteiger partial charge in [0.1, 0.15) is 6.10 Å². The molecular weight excluding hydrogens is 280 g/mol. The summed E-state index contributed by atoms with van der Waals surface area (Å²) in [6.07, 6.45) is 1.44. The van der Waals surface area contributed by atoms with Crippen molar-refractivity contribution in [3.63, 3.8) is 0 Å². The molecule has 0 saturated carbocycles. The lowest BCUT2D eigenvalue weighted by atomic mass is 10.2. The Hall–Kier alpha value is -1.24. The number of thiophene rings is 1. The summed E-state index contributed by atoms with van der Waals surface area (Å²) in [5.41, 5.74) is 0.922. The van der Waals surface area contributed by atoms with E-state index in [9.17, 15) is 4.79 Å². The number of rotatable bonds is 3. The maximum absolute atomic E-state index is 11.9.